The van der Waals surface area contributed by atoms with Crippen molar-refractivity contribution in [1.82, 2.24) is 39.0 Å². The number of fused-ring (bicyclic) bond motifs is 2. The van der Waals surface area contributed by atoms with Crippen LogP contribution < -0.4 is 16.2 Å². The molecule has 0 spiro atoms. The number of imidazole rings is 2. The average Bonchev–Trinajstić information content (AvgIpc) is 4.21. The molecule has 386 valence electrons. The monoisotopic (exact) mass is 1060 g/mol. The van der Waals surface area contributed by atoms with Crippen LogP contribution in [0.25, 0.3) is 22.3 Å². The predicted octanol–water partition coefficient (Wildman–Crippen LogP) is 7.50. The van der Waals surface area contributed by atoms with Crippen molar-refractivity contribution in [2.24, 2.45) is 11.8 Å². The summed E-state index contributed by atoms with van der Waals surface area (Å²) >= 11 is 5.57. The lowest BCUT2D eigenvalue weighted by Crippen LogP contribution is -2.46. The molecule has 8 atom stereocenters. The van der Waals surface area contributed by atoms with Crippen LogP contribution in [-0.2, 0) is 35.9 Å². The van der Waals surface area contributed by atoms with Gasteiger partial charge in [-0.15, -0.1) is 0 Å². The molecule has 9 aromatic rings. The highest BCUT2D eigenvalue weighted by atomic mass is 32.5. The maximum absolute atomic E-state index is 16.8. The maximum Gasteiger partial charge on any atom is 0.324 e. The lowest BCUT2D eigenvalue weighted by atomic mass is 9.69. The van der Waals surface area contributed by atoms with E-state index in [1.807, 2.05) is 91.0 Å². The molecule has 0 bridgehead atoms. The number of anilines is 2. The van der Waals surface area contributed by atoms with Gasteiger partial charge in [0, 0.05) is 23.1 Å². The standard InChI is InChI=1S/C54H48FN10O9PS/c55-42-45(41(27-66)73-52(42)65-32-58-43-46(56-30-57-47(43)65)60-49(67)33-16-6-1-7-17-33)74-75(70,76)72-28-35-26-40(64-31-59-44-48(64)61-53(63-51(44)69)62-50(68)34-18-8-2-9-19-34)39(35)29-71-54(36-20-10-3-11-21-36,37-22-12-4-13-23-37)38-24-14-5-15-25-38/h1-25,30-32,35,39-42,45,52,66H,26-29H2,(H,70,76)(H,56,57,60,67)(H2,61,62,63,68,69)/t35-,39-,40-,41-,42-,45-,52-,75?/m1/s1. The number of ether oxygens (including phenoxy) is 2. The van der Waals surface area contributed by atoms with Crippen LogP contribution in [0.3, 0.4) is 0 Å². The summed E-state index contributed by atoms with van der Waals surface area (Å²) < 4.78 is 45.1. The summed E-state index contributed by atoms with van der Waals surface area (Å²) in [5.41, 5.74) is 2.14. The smallest absolute Gasteiger partial charge is 0.324 e. The number of hydrogen-bond acceptors (Lipinski definition) is 14. The highest BCUT2D eigenvalue weighted by molar-refractivity contribution is 8.07. The first-order valence-electron chi connectivity index (χ1n) is 24.2. The van der Waals surface area contributed by atoms with Crippen molar-refractivity contribution in [3.63, 3.8) is 0 Å². The summed E-state index contributed by atoms with van der Waals surface area (Å²) in [6.45, 7) is -5.12. The Kier molecular flexibility index (Phi) is 14.3. The molecule has 5 N–H and O–H groups in total. The van der Waals surface area contributed by atoms with Crippen LogP contribution in [0.15, 0.2) is 175 Å². The first-order chi connectivity index (χ1) is 37.0. The van der Waals surface area contributed by atoms with Gasteiger partial charge in [0.05, 0.1) is 32.5 Å². The van der Waals surface area contributed by atoms with Gasteiger partial charge in [0.25, 0.3) is 17.4 Å². The first kappa shape index (κ1) is 50.4. The predicted molar refractivity (Wildman–Crippen MR) is 281 cm³/mol. The topological polar surface area (TPSA) is 243 Å². The first-order valence-corrected chi connectivity index (χ1v) is 26.8. The Labute approximate surface area is 438 Å². The number of nitrogens with zero attached hydrogens (tertiary/aromatic N) is 7. The Balaban J connectivity index is 0.868. The number of benzene rings is 5. The Morgan fingerprint density at radius 2 is 1.30 bits per heavy atom. The molecule has 5 heterocycles. The van der Waals surface area contributed by atoms with E-state index < -0.39 is 78.8 Å². The van der Waals surface area contributed by atoms with Gasteiger partial charge in [0.15, 0.2) is 40.5 Å². The van der Waals surface area contributed by atoms with E-state index in [0.29, 0.717) is 17.5 Å². The molecule has 0 radical (unpaired) electrons. The Morgan fingerprint density at radius 1 is 0.750 bits per heavy atom. The number of halogens is 1. The van der Waals surface area contributed by atoms with E-state index in [-0.39, 0.29) is 47.3 Å². The molecule has 1 unspecified atom stereocenters. The number of aromatic amines is 1. The SMILES string of the molecule is O=C(Nc1nc2c(ncn2[C@@H]2C[C@H](COP(O)(=S)O[C@H]3[C@@H](F)[C@H](n4cnc5c(NC(=O)c6ccccc6)ncnc54)O[C@@H]3CO)[C@H]2COC(c2ccccc2)(c2ccccc2)c2ccccc2)c(=O)[nH]1)c1ccccc1. The van der Waals surface area contributed by atoms with Gasteiger partial charge in [-0.05, 0) is 65.1 Å². The third kappa shape index (κ3) is 9.86. The summed E-state index contributed by atoms with van der Waals surface area (Å²) in [7, 11) is 0. The minimum absolute atomic E-state index is 0.0475. The number of carbonyl (C=O) groups excluding carboxylic acids is 2. The molecule has 11 rings (SSSR count). The minimum Gasteiger partial charge on any atom is -0.394 e. The van der Waals surface area contributed by atoms with E-state index in [2.05, 4.69) is 40.5 Å². The normalized spacial score (nSPS) is 21.2. The second-order valence-electron chi connectivity index (χ2n) is 18.3. The number of H-pyrrole nitrogens is 1. The van der Waals surface area contributed by atoms with Crippen molar-refractivity contribution in [2.75, 3.05) is 30.5 Å². The second kappa shape index (κ2) is 21.5. The minimum atomic E-state index is -4.31. The van der Waals surface area contributed by atoms with E-state index in [4.69, 9.17) is 30.3 Å². The van der Waals surface area contributed by atoms with Crippen molar-refractivity contribution in [3.05, 3.63) is 209 Å². The van der Waals surface area contributed by atoms with Crippen LogP contribution in [0.1, 0.15) is 56.1 Å². The Bertz CT molecular complexity index is 3530. The van der Waals surface area contributed by atoms with Gasteiger partial charge in [0.2, 0.25) is 5.95 Å². The zero-order chi connectivity index (χ0) is 52.4. The second-order valence-corrected chi connectivity index (χ2v) is 21.1. The van der Waals surface area contributed by atoms with Gasteiger partial charge < -0.3 is 33.9 Å². The third-order valence-electron chi connectivity index (χ3n) is 13.8. The van der Waals surface area contributed by atoms with Gasteiger partial charge in [-0.25, -0.2) is 24.3 Å². The number of hydrogen-bond donors (Lipinski definition) is 5. The van der Waals surface area contributed by atoms with Crippen molar-refractivity contribution in [2.45, 2.75) is 42.7 Å². The van der Waals surface area contributed by atoms with Crippen LogP contribution >= 0.6 is 6.72 Å². The molecule has 2 aliphatic rings. The molecule has 76 heavy (non-hydrogen) atoms. The van der Waals surface area contributed by atoms with Gasteiger partial charge in [-0.3, -0.25) is 33.8 Å². The van der Waals surface area contributed by atoms with Crippen LogP contribution in [-0.4, -0.2) is 99.1 Å². The zero-order valence-electron chi connectivity index (χ0n) is 40.2. The molecule has 1 saturated heterocycles. The van der Waals surface area contributed by atoms with Crippen molar-refractivity contribution < 1.29 is 42.5 Å². The lowest BCUT2D eigenvalue weighted by Gasteiger charge is -2.47. The summed E-state index contributed by atoms with van der Waals surface area (Å²) in [5.74, 6) is -1.76. The lowest BCUT2D eigenvalue weighted by molar-refractivity contribution is -0.0763. The van der Waals surface area contributed by atoms with Crippen molar-refractivity contribution in [3.8, 4) is 0 Å². The van der Waals surface area contributed by atoms with Gasteiger partial charge in [0.1, 0.15) is 24.1 Å². The van der Waals surface area contributed by atoms with Crippen LogP contribution in [0, 0.1) is 11.8 Å². The summed E-state index contributed by atoms with van der Waals surface area (Å²) in [6, 6.07) is 46.1. The number of aliphatic hydroxyl groups is 1. The van der Waals surface area contributed by atoms with E-state index in [0.717, 1.165) is 16.7 Å². The number of alkyl halides is 1. The molecule has 5 aromatic carbocycles. The van der Waals surface area contributed by atoms with Gasteiger partial charge in [-0.1, -0.05) is 127 Å². The zero-order valence-corrected chi connectivity index (χ0v) is 41.9. The highest BCUT2D eigenvalue weighted by Crippen LogP contribution is 2.54. The number of rotatable bonds is 18. The Hall–Kier alpha value is -7.72. The number of nitrogens with one attached hydrogen (secondary N) is 3. The molecule has 19 nitrogen and oxygen atoms in total. The quantitative estimate of drug-likeness (QED) is 0.0413. The van der Waals surface area contributed by atoms with E-state index in [9.17, 15) is 24.4 Å². The summed E-state index contributed by atoms with van der Waals surface area (Å²) in [6.07, 6.45) is -2.04. The molecular formula is C54H48FN10O9PS. The molecule has 2 amide bonds. The van der Waals surface area contributed by atoms with Gasteiger partial charge in [-0.2, -0.15) is 4.98 Å². The molecule has 1 aliphatic heterocycles. The number of aliphatic hydroxyl groups excluding tert-OH is 1. The van der Waals surface area contributed by atoms with E-state index >= 15 is 4.39 Å². The number of carbonyl (C=O) groups is 2. The summed E-state index contributed by atoms with van der Waals surface area (Å²) in [4.78, 5) is 76.0. The Morgan fingerprint density at radius 3 is 1.89 bits per heavy atom. The van der Waals surface area contributed by atoms with E-state index in [1.54, 1.807) is 65.2 Å². The van der Waals surface area contributed by atoms with Crippen molar-refractivity contribution >= 4 is 64.4 Å². The largest absolute Gasteiger partial charge is 0.394 e. The maximum atomic E-state index is 16.8. The fourth-order valence-electron chi connectivity index (χ4n) is 9.99. The van der Waals surface area contributed by atoms with E-state index in [1.165, 1.54) is 23.5 Å². The molecule has 1 saturated carbocycles. The van der Waals surface area contributed by atoms with Crippen molar-refractivity contribution in [1.29, 1.82) is 0 Å². The fraction of sp³-hybridized carbons (Fsp3) is 0.222. The average molecular weight is 1060 g/mol. The van der Waals surface area contributed by atoms with Crippen LogP contribution in [0.5, 0.6) is 0 Å². The highest BCUT2D eigenvalue weighted by Gasteiger charge is 2.51. The van der Waals surface area contributed by atoms with Crippen LogP contribution in [0.2, 0.25) is 0 Å². The fourth-order valence-corrected chi connectivity index (χ4v) is 11.5. The number of aromatic nitrogens is 8. The van der Waals surface area contributed by atoms with Crippen LogP contribution in [0.4, 0.5) is 16.2 Å². The third-order valence-corrected chi connectivity index (χ3v) is 15.3. The molecule has 22 heteroatoms. The van der Waals surface area contributed by atoms with Gasteiger partial charge >= 0.3 is 6.72 Å². The molecule has 2 fully saturated rings. The molecule has 4 aromatic heterocycles. The number of amides is 2. The molecular weight excluding hydrogens is 1010 g/mol. The summed E-state index contributed by atoms with van der Waals surface area (Å²) in [5, 5.41) is 15.9. The molecule has 1 aliphatic carbocycles.